The van der Waals surface area contributed by atoms with E-state index in [2.05, 4.69) is 23.6 Å². The maximum atomic E-state index is 11.3. The van der Waals surface area contributed by atoms with Crippen LogP contribution in [0, 0.1) is 5.92 Å². The molecule has 1 aliphatic rings. The van der Waals surface area contributed by atoms with Crippen molar-refractivity contribution in [1.29, 1.82) is 0 Å². The Kier molecular flexibility index (Phi) is 5.40. The van der Waals surface area contributed by atoms with Crippen LogP contribution < -0.4 is 0 Å². The number of hydrogen-bond donors (Lipinski definition) is 1. The monoisotopic (exact) mass is 242 g/mol. The second kappa shape index (κ2) is 6.36. The highest BCUT2D eigenvalue weighted by Crippen LogP contribution is 2.21. The van der Waals surface area contributed by atoms with E-state index in [9.17, 15) is 9.90 Å². The average Bonchev–Trinajstić information content (AvgIpc) is 2.68. The van der Waals surface area contributed by atoms with Gasteiger partial charge >= 0.3 is 5.97 Å². The van der Waals surface area contributed by atoms with Crippen LogP contribution in [0.25, 0.3) is 0 Å². The lowest BCUT2D eigenvalue weighted by Crippen LogP contribution is -2.45. The summed E-state index contributed by atoms with van der Waals surface area (Å²) < 4.78 is 0. The normalized spacial score (nSPS) is 23.5. The fourth-order valence-corrected chi connectivity index (χ4v) is 2.92. The lowest BCUT2D eigenvalue weighted by Gasteiger charge is -2.30. The third-order valence-electron chi connectivity index (χ3n) is 3.80. The lowest BCUT2D eigenvalue weighted by molar-refractivity contribution is -0.144. The summed E-state index contributed by atoms with van der Waals surface area (Å²) in [7, 11) is 0. The summed E-state index contributed by atoms with van der Waals surface area (Å²) in [5, 5.41) is 9.29. The summed E-state index contributed by atoms with van der Waals surface area (Å²) in [6, 6.07) is 0.209. The zero-order chi connectivity index (χ0) is 13.0. The van der Waals surface area contributed by atoms with Crippen LogP contribution >= 0.6 is 0 Å². The Morgan fingerprint density at radius 1 is 1.41 bits per heavy atom. The Balaban J connectivity index is 2.62. The predicted octanol–water partition coefficient (Wildman–Crippen LogP) is 1.51. The SMILES string of the molecule is CCN(CC)C1CCN(C(C(=O)O)C(C)C)C1. The van der Waals surface area contributed by atoms with Crippen molar-refractivity contribution in [1.82, 2.24) is 9.80 Å². The fourth-order valence-electron chi connectivity index (χ4n) is 2.92. The summed E-state index contributed by atoms with van der Waals surface area (Å²) >= 11 is 0. The summed E-state index contributed by atoms with van der Waals surface area (Å²) in [4.78, 5) is 15.9. The molecule has 0 aliphatic carbocycles. The highest BCUT2D eigenvalue weighted by molar-refractivity contribution is 5.73. The molecule has 1 aliphatic heterocycles. The van der Waals surface area contributed by atoms with Gasteiger partial charge in [-0.1, -0.05) is 27.7 Å². The van der Waals surface area contributed by atoms with Crippen LogP contribution in [0.5, 0.6) is 0 Å². The highest BCUT2D eigenvalue weighted by atomic mass is 16.4. The molecule has 1 heterocycles. The van der Waals surface area contributed by atoms with Gasteiger partial charge in [-0.15, -0.1) is 0 Å². The van der Waals surface area contributed by atoms with Crippen molar-refractivity contribution < 1.29 is 9.90 Å². The van der Waals surface area contributed by atoms with E-state index < -0.39 is 5.97 Å². The Labute approximate surface area is 105 Å². The molecule has 1 N–H and O–H groups in total. The molecule has 0 amide bonds. The van der Waals surface area contributed by atoms with Crippen molar-refractivity contribution in [3.05, 3.63) is 0 Å². The number of likely N-dealkylation sites (N-methyl/N-ethyl adjacent to an activating group) is 1. The Morgan fingerprint density at radius 2 is 2.00 bits per heavy atom. The van der Waals surface area contributed by atoms with Crippen molar-refractivity contribution in [2.75, 3.05) is 26.2 Å². The van der Waals surface area contributed by atoms with Crippen LogP contribution in [-0.4, -0.2) is 59.1 Å². The first-order valence-electron chi connectivity index (χ1n) is 6.72. The quantitative estimate of drug-likeness (QED) is 0.767. The molecule has 1 saturated heterocycles. The minimum Gasteiger partial charge on any atom is -0.480 e. The van der Waals surface area contributed by atoms with Gasteiger partial charge in [-0.2, -0.15) is 0 Å². The molecule has 17 heavy (non-hydrogen) atoms. The molecule has 0 bridgehead atoms. The molecule has 1 rings (SSSR count). The van der Waals surface area contributed by atoms with E-state index in [-0.39, 0.29) is 12.0 Å². The lowest BCUT2D eigenvalue weighted by atomic mass is 10.0. The van der Waals surface area contributed by atoms with E-state index in [1.54, 1.807) is 0 Å². The maximum Gasteiger partial charge on any atom is 0.321 e. The van der Waals surface area contributed by atoms with Gasteiger partial charge in [0.2, 0.25) is 0 Å². The maximum absolute atomic E-state index is 11.3. The van der Waals surface area contributed by atoms with Crippen LogP contribution in [0.1, 0.15) is 34.1 Å². The summed E-state index contributed by atoms with van der Waals surface area (Å²) in [5.41, 5.74) is 0. The van der Waals surface area contributed by atoms with Crippen molar-refractivity contribution in [3.63, 3.8) is 0 Å². The number of rotatable bonds is 6. The molecule has 0 radical (unpaired) electrons. The molecule has 0 aromatic rings. The molecule has 0 saturated carbocycles. The zero-order valence-electron chi connectivity index (χ0n) is 11.5. The fraction of sp³-hybridized carbons (Fsp3) is 0.923. The number of carboxylic acid groups (broad SMARTS) is 1. The van der Waals surface area contributed by atoms with E-state index in [0.29, 0.717) is 6.04 Å². The molecular weight excluding hydrogens is 216 g/mol. The van der Waals surface area contributed by atoms with Gasteiger partial charge in [-0.05, 0) is 25.4 Å². The van der Waals surface area contributed by atoms with Crippen LogP contribution in [0.3, 0.4) is 0 Å². The number of carboxylic acids is 1. The minimum absolute atomic E-state index is 0.169. The summed E-state index contributed by atoms with van der Waals surface area (Å²) in [6.07, 6.45) is 1.10. The molecule has 4 heteroatoms. The smallest absolute Gasteiger partial charge is 0.321 e. The van der Waals surface area contributed by atoms with Crippen molar-refractivity contribution in [2.24, 2.45) is 5.92 Å². The van der Waals surface area contributed by atoms with Crippen LogP contribution in [0.4, 0.5) is 0 Å². The van der Waals surface area contributed by atoms with Crippen LogP contribution in [-0.2, 0) is 4.79 Å². The second-order valence-electron chi connectivity index (χ2n) is 5.19. The predicted molar refractivity (Wildman–Crippen MR) is 69.2 cm³/mol. The topological polar surface area (TPSA) is 43.8 Å². The molecule has 1 fully saturated rings. The van der Waals surface area contributed by atoms with E-state index in [1.165, 1.54) is 0 Å². The Morgan fingerprint density at radius 3 is 2.41 bits per heavy atom. The van der Waals surface area contributed by atoms with Crippen molar-refractivity contribution in [2.45, 2.75) is 46.2 Å². The van der Waals surface area contributed by atoms with Gasteiger partial charge in [0, 0.05) is 19.1 Å². The number of carbonyl (C=O) groups is 1. The first-order valence-corrected chi connectivity index (χ1v) is 6.72. The molecular formula is C13H26N2O2. The third kappa shape index (κ3) is 3.42. The second-order valence-corrected chi connectivity index (χ2v) is 5.19. The molecule has 4 nitrogen and oxygen atoms in total. The van der Waals surface area contributed by atoms with Gasteiger partial charge in [0.25, 0.3) is 0 Å². The van der Waals surface area contributed by atoms with E-state index in [4.69, 9.17) is 0 Å². The zero-order valence-corrected chi connectivity index (χ0v) is 11.5. The first kappa shape index (κ1) is 14.5. The molecule has 2 unspecified atom stereocenters. The highest BCUT2D eigenvalue weighted by Gasteiger charge is 2.35. The standard InChI is InChI=1S/C13H26N2O2/c1-5-14(6-2)11-7-8-15(9-11)12(10(3)4)13(16)17/h10-12H,5-9H2,1-4H3,(H,16,17). The van der Waals surface area contributed by atoms with Gasteiger partial charge in [-0.25, -0.2) is 0 Å². The first-order chi connectivity index (χ1) is 8.01. The Hall–Kier alpha value is -0.610. The summed E-state index contributed by atoms with van der Waals surface area (Å²) in [6.45, 7) is 12.2. The number of aliphatic carboxylic acids is 1. The average molecular weight is 242 g/mol. The molecule has 0 aromatic heterocycles. The van der Waals surface area contributed by atoms with Gasteiger partial charge in [0.05, 0.1) is 0 Å². The van der Waals surface area contributed by atoms with Crippen molar-refractivity contribution in [3.8, 4) is 0 Å². The largest absolute Gasteiger partial charge is 0.480 e. The third-order valence-corrected chi connectivity index (χ3v) is 3.80. The minimum atomic E-state index is -0.680. The number of hydrogen-bond acceptors (Lipinski definition) is 3. The van der Waals surface area contributed by atoms with Gasteiger partial charge in [0.1, 0.15) is 6.04 Å². The van der Waals surface area contributed by atoms with Gasteiger partial charge < -0.3 is 5.11 Å². The molecule has 100 valence electrons. The number of nitrogens with zero attached hydrogens (tertiary/aromatic N) is 2. The molecule has 0 spiro atoms. The van der Waals surface area contributed by atoms with Crippen molar-refractivity contribution >= 4 is 5.97 Å². The van der Waals surface area contributed by atoms with E-state index in [1.807, 2.05) is 13.8 Å². The number of likely N-dealkylation sites (tertiary alicyclic amines) is 1. The van der Waals surface area contributed by atoms with E-state index in [0.717, 1.165) is 32.6 Å². The van der Waals surface area contributed by atoms with Gasteiger partial charge in [-0.3, -0.25) is 14.6 Å². The van der Waals surface area contributed by atoms with E-state index >= 15 is 0 Å². The van der Waals surface area contributed by atoms with Gasteiger partial charge in [0.15, 0.2) is 0 Å². The Bertz CT molecular complexity index is 252. The van der Waals surface area contributed by atoms with Crippen LogP contribution in [0.2, 0.25) is 0 Å². The molecule has 2 atom stereocenters. The molecule has 0 aromatic carbocycles. The summed E-state index contributed by atoms with van der Waals surface area (Å²) in [5.74, 6) is -0.511. The van der Waals surface area contributed by atoms with Crippen LogP contribution in [0.15, 0.2) is 0 Å².